The number of rotatable bonds is 4. The lowest BCUT2D eigenvalue weighted by atomic mass is 10.2. The van der Waals surface area contributed by atoms with Gasteiger partial charge in [0, 0.05) is 10.5 Å². The van der Waals surface area contributed by atoms with E-state index in [4.69, 9.17) is 5.73 Å². The van der Waals surface area contributed by atoms with Gasteiger partial charge in [-0.2, -0.15) is 5.26 Å². The quantitative estimate of drug-likeness (QED) is 0.779. The molecule has 0 saturated carbocycles. The van der Waals surface area contributed by atoms with E-state index in [-0.39, 0.29) is 12.4 Å². The van der Waals surface area contributed by atoms with Crippen LogP contribution < -0.4 is 5.73 Å². The maximum Gasteiger partial charge on any atom is 0.128 e. The van der Waals surface area contributed by atoms with Crippen LogP contribution in [0.15, 0.2) is 70.6 Å². The molecule has 3 rings (SSSR count). The Labute approximate surface area is 138 Å². The van der Waals surface area contributed by atoms with Gasteiger partial charge in [0.2, 0.25) is 0 Å². The first-order valence-electron chi connectivity index (χ1n) is 7.04. The van der Waals surface area contributed by atoms with Crippen LogP contribution in [0.5, 0.6) is 0 Å². The van der Waals surface area contributed by atoms with Gasteiger partial charge in [-0.25, -0.2) is 4.39 Å². The summed E-state index contributed by atoms with van der Waals surface area (Å²) >= 11 is 1.47. The Morgan fingerprint density at radius 1 is 1.09 bits per heavy atom. The van der Waals surface area contributed by atoms with Crippen molar-refractivity contribution in [3.8, 4) is 6.07 Å². The average Bonchev–Trinajstić information content (AvgIpc) is 2.86. The first-order chi connectivity index (χ1) is 11.2. The smallest absolute Gasteiger partial charge is 0.128 e. The topological polar surface area (TPSA) is 54.7 Å². The predicted octanol–water partition coefficient (Wildman–Crippen LogP) is 4.28. The molecule has 0 bridgehead atoms. The Balaban J connectivity index is 2.01. The number of aromatic nitrogens is 1. The van der Waals surface area contributed by atoms with E-state index in [9.17, 15) is 9.65 Å². The third-order valence-electron chi connectivity index (χ3n) is 3.43. The zero-order valence-electron chi connectivity index (χ0n) is 12.2. The third kappa shape index (κ3) is 3.22. The normalized spacial score (nSPS) is 10.4. The highest BCUT2D eigenvalue weighted by atomic mass is 32.2. The Hall–Kier alpha value is -2.71. The van der Waals surface area contributed by atoms with Crippen LogP contribution in [-0.2, 0) is 6.54 Å². The lowest BCUT2D eigenvalue weighted by Crippen LogP contribution is -2.06. The van der Waals surface area contributed by atoms with Gasteiger partial charge >= 0.3 is 0 Å². The van der Waals surface area contributed by atoms with Gasteiger partial charge in [0.15, 0.2) is 0 Å². The van der Waals surface area contributed by atoms with Gasteiger partial charge in [0.05, 0.1) is 12.2 Å². The van der Waals surface area contributed by atoms with Gasteiger partial charge < -0.3 is 10.3 Å². The van der Waals surface area contributed by atoms with E-state index < -0.39 is 0 Å². The van der Waals surface area contributed by atoms with E-state index >= 15 is 0 Å². The fourth-order valence-electron chi connectivity index (χ4n) is 2.31. The number of hydrogen-bond donors (Lipinski definition) is 1. The molecule has 0 saturated heterocycles. The van der Waals surface area contributed by atoms with Gasteiger partial charge in [-0.15, -0.1) is 0 Å². The minimum absolute atomic E-state index is 0.266. The van der Waals surface area contributed by atoms with Crippen LogP contribution in [0.3, 0.4) is 0 Å². The summed E-state index contributed by atoms with van der Waals surface area (Å²) < 4.78 is 15.7. The predicted molar refractivity (Wildman–Crippen MR) is 89.6 cm³/mol. The first kappa shape index (κ1) is 15.2. The maximum atomic E-state index is 13.9. The van der Waals surface area contributed by atoms with Crippen molar-refractivity contribution in [2.45, 2.75) is 16.5 Å². The number of nitrogens with two attached hydrogens (primary N) is 1. The van der Waals surface area contributed by atoms with Gasteiger partial charge in [-0.1, -0.05) is 48.2 Å². The highest BCUT2D eigenvalue weighted by Crippen LogP contribution is 2.35. The van der Waals surface area contributed by atoms with Crippen LogP contribution in [0.2, 0.25) is 0 Å². The third-order valence-corrected chi connectivity index (χ3v) is 4.59. The van der Waals surface area contributed by atoms with E-state index in [1.807, 2.05) is 30.3 Å². The molecule has 2 aromatic carbocycles. The molecule has 0 fully saturated rings. The summed E-state index contributed by atoms with van der Waals surface area (Å²) in [6, 6.07) is 20.1. The fraction of sp³-hybridized carbons (Fsp3) is 0.0556. The molecule has 5 heteroatoms. The van der Waals surface area contributed by atoms with Crippen molar-refractivity contribution >= 4 is 17.4 Å². The lowest BCUT2D eigenvalue weighted by Gasteiger charge is -2.11. The van der Waals surface area contributed by atoms with Crippen molar-refractivity contribution in [1.29, 1.82) is 5.26 Å². The zero-order valence-corrected chi connectivity index (χ0v) is 13.1. The van der Waals surface area contributed by atoms with Gasteiger partial charge in [0.25, 0.3) is 0 Å². The monoisotopic (exact) mass is 323 g/mol. The molecular weight excluding hydrogens is 309 g/mol. The zero-order chi connectivity index (χ0) is 16.2. The van der Waals surface area contributed by atoms with Crippen molar-refractivity contribution in [2.75, 3.05) is 5.73 Å². The molecule has 114 valence electrons. The number of nitriles is 1. The highest BCUT2D eigenvalue weighted by Gasteiger charge is 2.16. The molecule has 0 atom stereocenters. The summed E-state index contributed by atoms with van der Waals surface area (Å²) in [5, 5.41) is 10.1. The molecule has 2 N–H and O–H groups in total. The van der Waals surface area contributed by atoms with Crippen molar-refractivity contribution in [1.82, 2.24) is 4.57 Å². The van der Waals surface area contributed by atoms with E-state index in [0.29, 0.717) is 16.9 Å². The highest BCUT2D eigenvalue weighted by molar-refractivity contribution is 7.99. The maximum absolute atomic E-state index is 13.9. The van der Waals surface area contributed by atoms with E-state index in [1.54, 1.807) is 28.8 Å². The van der Waals surface area contributed by atoms with Crippen LogP contribution in [0.25, 0.3) is 0 Å². The van der Waals surface area contributed by atoms with Gasteiger partial charge in [0.1, 0.15) is 22.6 Å². The van der Waals surface area contributed by atoms with Crippen molar-refractivity contribution in [3.63, 3.8) is 0 Å². The molecule has 3 aromatic rings. The van der Waals surface area contributed by atoms with E-state index in [2.05, 4.69) is 6.07 Å². The molecule has 0 unspecified atom stereocenters. The number of halogens is 1. The Kier molecular flexibility index (Phi) is 4.35. The number of nitrogens with zero attached hydrogens (tertiary/aromatic N) is 2. The van der Waals surface area contributed by atoms with Gasteiger partial charge in [-0.05, 0) is 24.3 Å². The second-order valence-corrected chi connectivity index (χ2v) is 6.06. The molecule has 1 heterocycles. The Bertz CT molecular complexity index is 866. The standard InChI is InChI=1S/C18H14FN3S/c19-16-9-5-4-6-13(16)12-22-14(11-20)10-17(21)18(22)23-15-7-2-1-3-8-15/h1-10H,12,21H2. The molecule has 23 heavy (non-hydrogen) atoms. The summed E-state index contributed by atoms with van der Waals surface area (Å²) in [6.45, 7) is 0.266. The van der Waals surface area contributed by atoms with E-state index in [0.717, 1.165) is 9.92 Å². The molecule has 0 spiro atoms. The number of anilines is 1. The minimum atomic E-state index is -0.292. The van der Waals surface area contributed by atoms with Crippen LogP contribution in [0.1, 0.15) is 11.3 Å². The van der Waals surface area contributed by atoms with E-state index in [1.165, 1.54) is 17.8 Å². The summed E-state index contributed by atoms with van der Waals surface area (Å²) in [7, 11) is 0. The fourth-order valence-corrected chi connectivity index (χ4v) is 3.28. The lowest BCUT2D eigenvalue weighted by molar-refractivity contribution is 0.592. The molecular formula is C18H14FN3S. The average molecular weight is 323 g/mol. The van der Waals surface area contributed by atoms with Crippen LogP contribution in [-0.4, -0.2) is 4.57 Å². The SMILES string of the molecule is N#Cc1cc(N)c(Sc2ccccc2)n1Cc1ccccc1F. The number of benzene rings is 2. The van der Waals surface area contributed by atoms with Crippen molar-refractivity contribution in [2.24, 2.45) is 0 Å². The number of nitrogen functional groups attached to an aromatic ring is 1. The Morgan fingerprint density at radius 2 is 1.78 bits per heavy atom. The molecule has 3 nitrogen and oxygen atoms in total. The summed E-state index contributed by atoms with van der Waals surface area (Å²) in [6.07, 6.45) is 0. The summed E-state index contributed by atoms with van der Waals surface area (Å²) in [5.74, 6) is -0.292. The van der Waals surface area contributed by atoms with Gasteiger partial charge in [-0.3, -0.25) is 0 Å². The Morgan fingerprint density at radius 3 is 2.48 bits per heavy atom. The van der Waals surface area contributed by atoms with Crippen LogP contribution in [0.4, 0.5) is 10.1 Å². The number of hydrogen-bond acceptors (Lipinski definition) is 3. The first-order valence-corrected chi connectivity index (χ1v) is 7.86. The minimum Gasteiger partial charge on any atom is -0.397 e. The molecule has 1 aromatic heterocycles. The molecule has 0 aliphatic heterocycles. The summed E-state index contributed by atoms with van der Waals surface area (Å²) in [5.41, 5.74) is 7.53. The van der Waals surface area contributed by atoms with Crippen molar-refractivity contribution < 1.29 is 4.39 Å². The summed E-state index contributed by atoms with van der Waals surface area (Å²) in [4.78, 5) is 1.01. The largest absolute Gasteiger partial charge is 0.397 e. The molecule has 0 amide bonds. The van der Waals surface area contributed by atoms with Crippen LogP contribution in [0, 0.1) is 17.1 Å². The molecule has 0 aliphatic carbocycles. The molecule has 0 aliphatic rings. The van der Waals surface area contributed by atoms with Crippen LogP contribution >= 0.6 is 11.8 Å². The second kappa shape index (κ2) is 6.59. The molecule has 0 radical (unpaired) electrons. The second-order valence-electron chi connectivity index (χ2n) is 4.99. The van der Waals surface area contributed by atoms with Crippen molar-refractivity contribution in [3.05, 3.63) is 77.7 Å².